The van der Waals surface area contributed by atoms with Crippen LogP contribution in [0.15, 0.2) is 18.2 Å². The first-order chi connectivity index (χ1) is 9.92. The number of nitrogens with zero attached hydrogens (tertiary/aromatic N) is 1. The van der Waals surface area contributed by atoms with Gasteiger partial charge in [0.2, 0.25) is 0 Å². The second-order valence-corrected chi connectivity index (χ2v) is 5.03. The number of hydrogen-bond donors (Lipinski definition) is 3. The van der Waals surface area contributed by atoms with Crippen molar-refractivity contribution in [3.05, 3.63) is 23.8 Å². The normalized spacial score (nSPS) is 16.2. The zero-order chi connectivity index (χ0) is 15.6. The van der Waals surface area contributed by atoms with E-state index in [9.17, 15) is 19.8 Å². The Morgan fingerprint density at radius 3 is 2.62 bits per heavy atom. The summed E-state index contributed by atoms with van der Waals surface area (Å²) in [5.74, 6) is -0.408. The van der Waals surface area contributed by atoms with Gasteiger partial charge in [0.1, 0.15) is 11.5 Å². The third kappa shape index (κ3) is 3.25. The summed E-state index contributed by atoms with van der Waals surface area (Å²) in [6.45, 7) is 0.441. The molecule has 3 N–H and O–H groups in total. The zero-order valence-corrected chi connectivity index (χ0v) is 11.5. The molecule has 1 atom stereocenters. The fraction of sp³-hybridized carbons (Fsp3) is 0.429. The first kappa shape index (κ1) is 15.1. The molecular formula is C14H17NO6. The predicted molar refractivity (Wildman–Crippen MR) is 72.7 cm³/mol. The third-order valence-corrected chi connectivity index (χ3v) is 3.62. The molecule has 1 aromatic rings. The Bertz CT molecular complexity index is 552. The van der Waals surface area contributed by atoms with Gasteiger partial charge in [0, 0.05) is 31.5 Å². The number of carboxylic acid groups (broad SMARTS) is 1. The molecule has 0 radical (unpaired) electrons. The van der Waals surface area contributed by atoms with Crippen LogP contribution < -0.4 is 4.74 Å². The first-order valence-electron chi connectivity index (χ1n) is 6.48. The second-order valence-electron chi connectivity index (χ2n) is 5.03. The molecule has 114 valence electrons. The first-order valence-corrected chi connectivity index (χ1v) is 6.48. The number of Topliss-reactive ketones (excluding diaryl/α,β-unsaturated/α-hetero) is 1. The number of ketones is 1. The average molecular weight is 295 g/mol. The summed E-state index contributed by atoms with van der Waals surface area (Å²) in [7, 11) is 1.45. The van der Waals surface area contributed by atoms with Crippen LogP contribution in [0, 0.1) is 5.92 Å². The van der Waals surface area contributed by atoms with Gasteiger partial charge in [0.05, 0.1) is 18.8 Å². The van der Waals surface area contributed by atoms with Gasteiger partial charge in [-0.25, -0.2) is 4.79 Å². The number of carbonyl (C=O) groups excluding carboxylic acids is 1. The number of amides is 1. The van der Waals surface area contributed by atoms with Crippen molar-refractivity contribution in [2.24, 2.45) is 5.92 Å². The molecule has 2 rings (SSSR count). The lowest BCUT2D eigenvalue weighted by Gasteiger charge is -2.39. The van der Waals surface area contributed by atoms with E-state index >= 15 is 0 Å². The summed E-state index contributed by atoms with van der Waals surface area (Å²) < 4.78 is 4.93. The number of benzene rings is 1. The largest absolute Gasteiger partial charge is 0.507 e. The molecule has 1 unspecified atom stereocenters. The van der Waals surface area contributed by atoms with Gasteiger partial charge in [0.25, 0.3) is 0 Å². The molecule has 7 heteroatoms. The highest BCUT2D eigenvalue weighted by molar-refractivity contribution is 5.99. The maximum Gasteiger partial charge on any atom is 0.407 e. The lowest BCUT2D eigenvalue weighted by atomic mass is 9.89. The van der Waals surface area contributed by atoms with Crippen LogP contribution in [0.1, 0.15) is 16.8 Å². The number of phenols is 1. The van der Waals surface area contributed by atoms with Crippen LogP contribution in [0.3, 0.4) is 0 Å². The molecule has 7 nitrogen and oxygen atoms in total. The van der Waals surface area contributed by atoms with Crippen molar-refractivity contribution in [3.63, 3.8) is 0 Å². The van der Waals surface area contributed by atoms with Crippen molar-refractivity contribution in [1.29, 1.82) is 0 Å². The Kier molecular flexibility index (Phi) is 4.32. The van der Waals surface area contributed by atoms with Gasteiger partial charge in [-0.05, 0) is 12.1 Å². The fourth-order valence-corrected chi connectivity index (χ4v) is 2.25. The maximum absolute atomic E-state index is 12.0. The Labute approximate surface area is 121 Å². The number of carbonyl (C=O) groups is 2. The highest BCUT2D eigenvalue weighted by atomic mass is 16.5. The molecule has 1 fully saturated rings. The molecule has 1 aliphatic rings. The van der Waals surface area contributed by atoms with Crippen molar-refractivity contribution < 1.29 is 29.6 Å². The minimum absolute atomic E-state index is 0.115. The number of methoxy groups -OCH3 is 1. The van der Waals surface area contributed by atoms with Crippen molar-refractivity contribution in [2.45, 2.75) is 12.5 Å². The summed E-state index contributed by atoms with van der Waals surface area (Å²) in [5.41, 5.74) is 0.115. The topological polar surface area (TPSA) is 107 Å². The fourth-order valence-electron chi connectivity index (χ4n) is 2.25. The molecular weight excluding hydrogens is 278 g/mol. The van der Waals surface area contributed by atoms with Crippen LogP contribution in [0.4, 0.5) is 4.79 Å². The molecule has 1 aliphatic heterocycles. The SMILES string of the molecule is COc1ccc(C(=O)CC(O)C2CN(C(=O)O)C2)c(O)c1. The van der Waals surface area contributed by atoms with Crippen LogP contribution in [0.25, 0.3) is 0 Å². The van der Waals surface area contributed by atoms with Gasteiger partial charge in [0.15, 0.2) is 5.78 Å². The average Bonchev–Trinajstić information content (AvgIpc) is 2.35. The van der Waals surface area contributed by atoms with Gasteiger partial charge >= 0.3 is 6.09 Å². The van der Waals surface area contributed by atoms with Crippen molar-refractivity contribution >= 4 is 11.9 Å². The molecule has 0 aliphatic carbocycles. The van der Waals surface area contributed by atoms with Gasteiger partial charge in [-0.15, -0.1) is 0 Å². The minimum atomic E-state index is -1.03. The summed E-state index contributed by atoms with van der Waals surface area (Å²) >= 11 is 0. The molecule has 0 saturated carbocycles. The van der Waals surface area contributed by atoms with E-state index in [0.29, 0.717) is 5.75 Å². The van der Waals surface area contributed by atoms with Crippen LogP contribution >= 0.6 is 0 Å². The van der Waals surface area contributed by atoms with Gasteiger partial charge in [-0.3, -0.25) is 4.79 Å². The predicted octanol–water partition coefficient (Wildman–Crippen LogP) is 0.944. The highest BCUT2D eigenvalue weighted by Gasteiger charge is 2.36. The molecule has 1 amide bonds. The molecule has 0 aromatic heterocycles. The van der Waals surface area contributed by atoms with Crippen LogP contribution in [-0.4, -0.2) is 58.4 Å². The van der Waals surface area contributed by atoms with Gasteiger partial charge in [-0.2, -0.15) is 0 Å². The Morgan fingerprint density at radius 1 is 1.43 bits per heavy atom. The Hall–Kier alpha value is -2.28. The van der Waals surface area contributed by atoms with E-state index in [4.69, 9.17) is 9.84 Å². The Morgan fingerprint density at radius 2 is 2.10 bits per heavy atom. The number of aliphatic hydroxyl groups excluding tert-OH is 1. The Balaban J connectivity index is 1.94. The van der Waals surface area contributed by atoms with E-state index in [0.717, 1.165) is 0 Å². The highest BCUT2D eigenvalue weighted by Crippen LogP contribution is 2.27. The maximum atomic E-state index is 12.0. The van der Waals surface area contributed by atoms with Crippen molar-refractivity contribution in [2.75, 3.05) is 20.2 Å². The van der Waals surface area contributed by atoms with E-state index in [1.54, 1.807) is 6.07 Å². The number of ether oxygens (including phenoxy) is 1. The van der Waals surface area contributed by atoms with Crippen LogP contribution in [-0.2, 0) is 0 Å². The number of rotatable bonds is 5. The van der Waals surface area contributed by atoms with Crippen molar-refractivity contribution in [3.8, 4) is 11.5 Å². The lowest BCUT2D eigenvalue weighted by Crippen LogP contribution is -2.54. The standard InChI is InChI=1S/C14H17NO6/c1-21-9-2-3-10(12(17)4-9)13(18)5-11(16)8-6-15(7-8)14(19)20/h2-4,8,11,16-17H,5-7H2,1H3,(H,19,20). The van der Waals surface area contributed by atoms with Gasteiger partial charge in [-0.1, -0.05) is 0 Å². The third-order valence-electron chi connectivity index (χ3n) is 3.62. The number of likely N-dealkylation sites (tertiary alicyclic amines) is 1. The zero-order valence-electron chi connectivity index (χ0n) is 11.5. The molecule has 1 aromatic carbocycles. The summed E-state index contributed by atoms with van der Waals surface area (Å²) in [5, 5.41) is 28.4. The molecule has 1 heterocycles. The molecule has 0 spiro atoms. The monoisotopic (exact) mass is 295 g/mol. The quantitative estimate of drug-likeness (QED) is 0.698. The summed E-state index contributed by atoms with van der Waals surface area (Å²) in [6, 6.07) is 4.32. The number of hydrogen-bond acceptors (Lipinski definition) is 5. The molecule has 0 bridgehead atoms. The molecule has 21 heavy (non-hydrogen) atoms. The van der Waals surface area contributed by atoms with E-state index in [2.05, 4.69) is 0 Å². The molecule has 1 saturated heterocycles. The smallest absolute Gasteiger partial charge is 0.407 e. The minimum Gasteiger partial charge on any atom is -0.507 e. The van der Waals surface area contributed by atoms with E-state index in [-0.39, 0.29) is 36.7 Å². The van der Waals surface area contributed by atoms with Crippen molar-refractivity contribution in [1.82, 2.24) is 4.90 Å². The van der Waals surface area contributed by atoms with Gasteiger partial charge < -0.3 is 25.0 Å². The lowest BCUT2D eigenvalue weighted by molar-refractivity contribution is 0.00240. The van der Waals surface area contributed by atoms with Crippen LogP contribution in [0.5, 0.6) is 11.5 Å². The number of aromatic hydroxyl groups is 1. The summed E-state index contributed by atoms with van der Waals surface area (Å²) in [6.07, 6.45) is -2.11. The number of aliphatic hydroxyl groups is 1. The number of phenolic OH excluding ortho intramolecular Hbond substituents is 1. The second kappa shape index (κ2) is 6.01. The van der Waals surface area contributed by atoms with E-state index in [1.807, 2.05) is 0 Å². The van der Waals surface area contributed by atoms with Crippen LogP contribution in [0.2, 0.25) is 0 Å². The van der Waals surface area contributed by atoms with E-state index in [1.165, 1.54) is 24.1 Å². The van der Waals surface area contributed by atoms with E-state index < -0.39 is 18.0 Å². The summed E-state index contributed by atoms with van der Waals surface area (Å²) in [4.78, 5) is 23.8.